The molecule has 102 valence electrons. The molecule has 0 aliphatic heterocycles. The second-order valence-corrected chi connectivity index (χ2v) is 4.67. The van der Waals surface area contributed by atoms with Crippen LogP contribution in [0.25, 0.3) is 0 Å². The molecule has 0 aliphatic carbocycles. The first-order valence-electron chi connectivity index (χ1n) is 5.25. The highest BCUT2D eigenvalue weighted by molar-refractivity contribution is 7.16. The molecule has 1 N–H and O–H groups in total. The Labute approximate surface area is 115 Å². The van der Waals surface area contributed by atoms with E-state index >= 15 is 0 Å². The van der Waals surface area contributed by atoms with Crippen LogP contribution in [0, 0.1) is 11.3 Å². The third-order valence-corrected chi connectivity index (χ3v) is 3.13. The van der Waals surface area contributed by atoms with Gasteiger partial charge in [0.2, 0.25) is 0 Å². The van der Waals surface area contributed by atoms with E-state index in [-0.39, 0.29) is 10.0 Å². The summed E-state index contributed by atoms with van der Waals surface area (Å²) in [4.78, 5) is 15.8. The van der Waals surface area contributed by atoms with Crippen molar-refractivity contribution in [2.45, 2.75) is 6.18 Å². The highest BCUT2D eigenvalue weighted by Gasteiger charge is 2.34. The van der Waals surface area contributed by atoms with Crippen molar-refractivity contribution in [3.8, 4) is 6.07 Å². The molecule has 1 aromatic heterocycles. The number of nitriles is 1. The van der Waals surface area contributed by atoms with Gasteiger partial charge in [-0.3, -0.25) is 10.1 Å². The van der Waals surface area contributed by atoms with Crippen molar-refractivity contribution in [3.63, 3.8) is 0 Å². The molecule has 1 aromatic carbocycles. The summed E-state index contributed by atoms with van der Waals surface area (Å²) in [6.45, 7) is 0. The Morgan fingerprint density at radius 1 is 1.35 bits per heavy atom. The van der Waals surface area contributed by atoms with Crippen molar-refractivity contribution < 1.29 is 18.0 Å². The van der Waals surface area contributed by atoms with E-state index in [9.17, 15) is 18.0 Å². The van der Waals surface area contributed by atoms with E-state index in [4.69, 9.17) is 5.26 Å². The van der Waals surface area contributed by atoms with E-state index in [1.165, 1.54) is 18.3 Å². The molecule has 0 saturated carbocycles. The Kier molecular flexibility index (Phi) is 3.72. The predicted octanol–water partition coefficient (Wildman–Crippen LogP) is 3.29. The summed E-state index contributed by atoms with van der Waals surface area (Å²) in [7, 11) is 0. The second kappa shape index (κ2) is 5.30. The lowest BCUT2D eigenvalue weighted by molar-refractivity contribution is -0.137. The Bertz CT molecular complexity index is 688. The van der Waals surface area contributed by atoms with Gasteiger partial charge in [0.25, 0.3) is 5.91 Å². The number of amides is 1. The number of carbonyl (C=O) groups is 1. The van der Waals surface area contributed by atoms with Gasteiger partial charge >= 0.3 is 6.18 Å². The van der Waals surface area contributed by atoms with Gasteiger partial charge in [0.15, 0.2) is 5.13 Å². The van der Waals surface area contributed by atoms with E-state index in [1.807, 2.05) is 6.07 Å². The molecule has 0 radical (unpaired) electrons. The monoisotopic (exact) mass is 297 g/mol. The van der Waals surface area contributed by atoms with Crippen molar-refractivity contribution in [3.05, 3.63) is 46.5 Å². The summed E-state index contributed by atoms with van der Waals surface area (Å²) in [5.41, 5.74) is -1.51. The molecule has 0 aliphatic rings. The van der Waals surface area contributed by atoms with E-state index in [0.29, 0.717) is 0 Å². The summed E-state index contributed by atoms with van der Waals surface area (Å²) < 4.78 is 38.3. The van der Waals surface area contributed by atoms with Crippen LogP contribution in [-0.2, 0) is 6.18 Å². The number of nitrogens with one attached hydrogen (secondary N) is 1. The number of halogens is 3. The fraction of sp³-hybridized carbons (Fsp3) is 0.0833. The third kappa shape index (κ3) is 2.95. The van der Waals surface area contributed by atoms with Crippen LogP contribution in [0.2, 0.25) is 0 Å². The van der Waals surface area contributed by atoms with Crippen molar-refractivity contribution in [2.75, 3.05) is 5.32 Å². The normalized spacial score (nSPS) is 10.9. The summed E-state index contributed by atoms with van der Waals surface area (Å²) in [6.07, 6.45) is -3.38. The first-order chi connectivity index (χ1) is 9.41. The van der Waals surface area contributed by atoms with Crippen LogP contribution in [-0.4, -0.2) is 10.9 Å². The van der Waals surface area contributed by atoms with Gasteiger partial charge in [-0.05, 0) is 12.1 Å². The molecule has 0 saturated heterocycles. The van der Waals surface area contributed by atoms with Crippen LogP contribution in [0.3, 0.4) is 0 Å². The summed E-state index contributed by atoms with van der Waals surface area (Å²) in [5, 5.41) is 10.9. The zero-order valence-electron chi connectivity index (χ0n) is 9.73. The predicted molar refractivity (Wildman–Crippen MR) is 66.2 cm³/mol. The molecular formula is C12H6F3N3OS. The van der Waals surface area contributed by atoms with E-state index in [1.54, 1.807) is 0 Å². The number of hydrogen-bond donors (Lipinski definition) is 1. The van der Waals surface area contributed by atoms with E-state index < -0.39 is 23.2 Å². The average molecular weight is 297 g/mol. The molecule has 20 heavy (non-hydrogen) atoms. The maximum Gasteiger partial charge on any atom is 0.417 e. The largest absolute Gasteiger partial charge is 0.417 e. The Morgan fingerprint density at radius 3 is 2.65 bits per heavy atom. The van der Waals surface area contributed by atoms with Gasteiger partial charge in [-0.1, -0.05) is 23.5 Å². The number of hydrogen-bond acceptors (Lipinski definition) is 4. The topological polar surface area (TPSA) is 65.8 Å². The lowest BCUT2D eigenvalue weighted by Crippen LogP contribution is -2.18. The lowest BCUT2D eigenvalue weighted by atomic mass is 10.1. The minimum Gasteiger partial charge on any atom is -0.298 e. The Hall–Kier alpha value is -2.40. The molecule has 2 aromatic rings. The van der Waals surface area contributed by atoms with Crippen LogP contribution in [0.4, 0.5) is 18.3 Å². The van der Waals surface area contributed by atoms with Gasteiger partial charge in [0.1, 0.15) is 10.9 Å². The van der Waals surface area contributed by atoms with Crippen molar-refractivity contribution >= 4 is 22.4 Å². The lowest BCUT2D eigenvalue weighted by Gasteiger charge is -2.11. The molecule has 4 nitrogen and oxygen atoms in total. The van der Waals surface area contributed by atoms with Crippen molar-refractivity contribution in [2.24, 2.45) is 0 Å². The standard InChI is InChI=1S/C12H6F3N3OS/c13-12(14,15)9-4-2-1-3-8(9)10(19)18-11-17-6-7(5-16)20-11/h1-4,6H,(H,17,18,19). The minimum atomic E-state index is -4.62. The number of benzene rings is 1. The van der Waals surface area contributed by atoms with Crippen LogP contribution in [0.1, 0.15) is 20.8 Å². The first kappa shape index (κ1) is 14.0. The third-order valence-electron chi connectivity index (χ3n) is 2.31. The fourth-order valence-electron chi connectivity index (χ4n) is 1.48. The summed E-state index contributed by atoms with van der Waals surface area (Å²) >= 11 is 0.884. The maximum absolute atomic E-state index is 12.8. The van der Waals surface area contributed by atoms with Crippen molar-refractivity contribution in [1.82, 2.24) is 4.98 Å². The van der Waals surface area contributed by atoms with Gasteiger partial charge in [-0.25, -0.2) is 4.98 Å². The maximum atomic E-state index is 12.8. The Morgan fingerprint density at radius 2 is 2.05 bits per heavy atom. The number of carbonyl (C=O) groups excluding carboxylic acids is 1. The number of alkyl halides is 3. The van der Waals surface area contributed by atoms with Crippen LogP contribution < -0.4 is 5.32 Å². The molecule has 0 atom stereocenters. The molecule has 1 heterocycles. The van der Waals surface area contributed by atoms with Gasteiger partial charge in [-0.2, -0.15) is 18.4 Å². The molecule has 2 rings (SSSR count). The molecule has 8 heteroatoms. The highest BCUT2D eigenvalue weighted by Crippen LogP contribution is 2.32. The zero-order valence-corrected chi connectivity index (χ0v) is 10.5. The van der Waals surface area contributed by atoms with Crippen LogP contribution >= 0.6 is 11.3 Å². The number of nitrogens with zero attached hydrogens (tertiary/aromatic N) is 2. The fourth-order valence-corrected chi connectivity index (χ4v) is 2.08. The number of thiazole rings is 1. The first-order valence-corrected chi connectivity index (χ1v) is 6.07. The Balaban J connectivity index is 2.28. The van der Waals surface area contributed by atoms with Crippen LogP contribution in [0.15, 0.2) is 30.5 Å². The molecule has 0 bridgehead atoms. The average Bonchev–Trinajstić information content (AvgIpc) is 2.85. The molecular weight excluding hydrogens is 291 g/mol. The quantitative estimate of drug-likeness (QED) is 0.925. The summed E-state index contributed by atoms with van der Waals surface area (Å²) in [5.74, 6) is -0.920. The zero-order chi connectivity index (χ0) is 14.8. The number of rotatable bonds is 2. The smallest absolute Gasteiger partial charge is 0.298 e. The summed E-state index contributed by atoms with van der Waals surface area (Å²) in [6, 6.07) is 6.28. The van der Waals surface area contributed by atoms with Gasteiger partial charge in [0.05, 0.1) is 17.3 Å². The second-order valence-electron chi connectivity index (χ2n) is 3.64. The molecule has 0 spiro atoms. The van der Waals surface area contributed by atoms with E-state index in [0.717, 1.165) is 23.5 Å². The SMILES string of the molecule is N#Cc1cnc(NC(=O)c2ccccc2C(F)(F)F)s1. The van der Waals surface area contributed by atoms with Crippen molar-refractivity contribution in [1.29, 1.82) is 5.26 Å². The molecule has 1 amide bonds. The number of anilines is 1. The highest BCUT2D eigenvalue weighted by atomic mass is 32.1. The van der Waals surface area contributed by atoms with E-state index in [2.05, 4.69) is 10.3 Å². The van der Waals surface area contributed by atoms with Gasteiger partial charge in [0, 0.05) is 0 Å². The minimum absolute atomic E-state index is 0.0727. The van der Waals surface area contributed by atoms with Gasteiger partial charge in [-0.15, -0.1) is 0 Å². The number of aromatic nitrogens is 1. The molecule has 0 fully saturated rings. The van der Waals surface area contributed by atoms with Crippen LogP contribution in [0.5, 0.6) is 0 Å². The molecule has 0 unspecified atom stereocenters. The van der Waals surface area contributed by atoms with Gasteiger partial charge < -0.3 is 0 Å².